The zero-order valence-electron chi connectivity index (χ0n) is 16.1. The van der Waals surface area contributed by atoms with Gasteiger partial charge in [0.1, 0.15) is 12.3 Å². The van der Waals surface area contributed by atoms with E-state index in [1.54, 1.807) is 24.3 Å². The summed E-state index contributed by atoms with van der Waals surface area (Å²) in [6.45, 7) is 2.08. The molecule has 1 N–H and O–H groups in total. The molecule has 0 spiro atoms. The number of para-hydroxylation sites is 1. The Bertz CT molecular complexity index is 1010. The standard InChI is InChI=1S/C24H21NO4/c1-2-28-21-14-8-7-13-20(21)24(27)25-15-22(26)29-23-18-11-5-3-9-16(18)17-10-4-6-12-19(17)23/h3-14,23H,2,15H2,1H3,(H,25,27). The van der Waals surface area contributed by atoms with Gasteiger partial charge in [0.25, 0.3) is 5.91 Å². The number of benzene rings is 3. The Labute approximate surface area is 169 Å². The van der Waals surface area contributed by atoms with Gasteiger partial charge in [0.15, 0.2) is 6.10 Å². The predicted octanol–water partition coefficient (Wildman–Crippen LogP) is 4.13. The molecule has 0 heterocycles. The largest absolute Gasteiger partial charge is 0.493 e. The molecule has 0 saturated heterocycles. The third kappa shape index (κ3) is 3.72. The maximum atomic E-state index is 12.5. The summed E-state index contributed by atoms with van der Waals surface area (Å²) < 4.78 is 11.2. The van der Waals surface area contributed by atoms with Gasteiger partial charge in [-0.05, 0) is 30.2 Å². The van der Waals surface area contributed by atoms with Crippen molar-refractivity contribution in [2.75, 3.05) is 13.2 Å². The molecule has 0 atom stereocenters. The molecule has 0 unspecified atom stereocenters. The third-order valence-corrected chi connectivity index (χ3v) is 4.85. The fourth-order valence-corrected chi connectivity index (χ4v) is 3.59. The van der Waals surface area contributed by atoms with E-state index in [2.05, 4.69) is 5.32 Å². The highest BCUT2D eigenvalue weighted by molar-refractivity contribution is 5.98. The second kappa shape index (κ2) is 8.19. The third-order valence-electron chi connectivity index (χ3n) is 4.85. The van der Waals surface area contributed by atoms with Gasteiger partial charge in [0.05, 0.1) is 12.2 Å². The van der Waals surface area contributed by atoms with Crippen LogP contribution in [0.3, 0.4) is 0 Å². The van der Waals surface area contributed by atoms with E-state index in [0.29, 0.717) is 17.9 Å². The van der Waals surface area contributed by atoms with Crippen LogP contribution in [-0.4, -0.2) is 25.0 Å². The molecule has 5 nitrogen and oxygen atoms in total. The summed E-state index contributed by atoms with van der Waals surface area (Å²) in [5.74, 6) is -0.388. The van der Waals surface area contributed by atoms with Crippen LogP contribution in [-0.2, 0) is 9.53 Å². The van der Waals surface area contributed by atoms with Crippen molar-refractivity contribution in [3.05, 3.63) is 89.5 Å². The number of esters is 1. The first kappa shape index (κ1) is 18.7. The van der Waals surface area contributed by atoms with Crippen molar-refractivity contribution in [3.8, 4) is 16.9 Å². The van der Waals surface area contributed by atoms with E-state index < -0.39 is 12.1 Å². The molecule has 3 aromatic carbocycles. The van der Waals surface area contributed by atoms with Gasteiger partial charge in [-0.2, -0.15) is 0 Å². The molecule has 0 aromatic heterocycles. The molecule has 0 fully saturated rings. The maximum absolute atomic E-state index is 12.5. The summed E-state index contributed by atoms with van der Waals surface area (Å²) in [5.41, 5.74) is 4.43. The Morgan fingerprint density at radius 1 is 0.862 bits per heavy atom. The van der Waals surface area contributed by atoms with Crippen LogP contribution in [0.2, 0.25) is 0 Å². The molecule has 1 aliphatic carbocycles. The lowest BCUT2D eigenvalue weighted by molar-refractivity contribution is -0.146. The van der Waals surface area contributed by atoms with E-state index in [4.69, 9.17) is 9.47 Å². The van der Waals surface area contributed by atoms with Gasteiger partial charge in [-0.15, -0.1) is 0 Å². The number of amides is 1. The van der Waals surface area contributed by atoms with Gasteiger partial charge in [0, 0.05) is 11.1 Å². The summed E-state index contributed by atoms with van der Waals surface area (Å²) in [4.78, 5) is 25.0. The number of carbonyl (C=O) groups excluding carboxylic acids is 2. The molecule has 0 bridgehead atoms. The van der Waals surface area contributed by atoms with Crippen LogP contribution in [0, 0.1) is 0 Å². The molecule has 1 aliphatic rings. The highest BCUT2D eigenvalue weighted by atomic mass is 16.5. The van der Waals surface area contributed by atoms with E-state index in [0.717, 1.165) is 22.3 Å². The first-order valence-corrected chi connectivity index (χ1v) is 9.56. The Morgan fingerprint density at radius 3 is 2.10 bits per heavy atom. The number of hydrogen-bond donors (Lipinski definition) is 1. The average Bonchev–Trinajstić information content (AvgIpc) is 3.07. The van der Waals surface area contributed by atoms with Crippen molar-refractivity contribution in [1.29, 1.82) is 0 Å². The molecular weight excluding hydrogens is 366 g/mol. The number of ether oxygens (including phenoxy) is 2. The Kier molecular flexibility index (Phi) is 5.29. The number of fused-ring (bicyclic) bond motifs is 3. The summed E-state index contributed by atoms with van der Waals surface area (Å²) in [6.07, 6.45) is -0.470. The monoisotopic (exact) mass is 387 g/mol. The minimum absolute atomic E-state index is 0.222. The van der Waals surface area contributed by atoms with Crippen LogP contribution < -0.4 is 10.1 Å². The van der Waals surface area contributed by atoms with Crippen LogP contribution >= 0.6 is 0 Å². The molecule has 0 radical (unpaired) electrons. The molecule has 5 heteroatoms. The van der Waals surface area contributed by atoms with Crippen molar-refractivity contribution < 1.29 is 19.1 Å². The predicted molar refractivity (Wildman–Crippen MR) is 110 cm³/mol. The molecule has 3 aromatic rings. The van der Waals surface area contributed by atoms with Crippen LogP contribution in [0.15, 0.2) is 72.8 Å². The van der Waals surface area contributed by atoms with Crippen molar-refractivity contribution in [2.45, 2.75) is 13.0 Å². The summed E-state index contributed by atoms with van der Waals surface area (Å²) >= 11 is 0. The zero-order valence-corrected chi connectivity index (χ0v) is 16.1. The lowest BCUT2D eigenvalue weighted by Crippen LogP contribution is -2.31. The fraction of sp³-hybridized carbons (Fsp3) is 0.167. The highest BCUT2D eigenvalue weighted by Crippen LogP contribution is 2.44. The lowest BCUT2D eigenvalue weighted by atomic mass is 10.1. The molecule has 0 saturated carbocycles. The number of hydrogen-bond acceptors (Lipinski definition) is 4. The molecule has 0 aliphatic heterocycles. The zero-order chi connectivity index (χ0) is 20.2. The van der Waals surface area contributed by atoms with E-state index in [1.165, 1.54) is 0 Å². The van der Waals surface area contributed by atoms with Crippen LogP contribution in [0.4, 0.5) is 0 Å². The quantitative estimate of drug-likeness (QED) is 0.646. The first-order chi connectivity index (χ1) is 14.2. The summed E-state index contributed by atoms with van der Waals surface area (Å²) in [7, 11) is 0. The summed E-state index contributed by atoms with van der Waals surface area (Å²) in [6, 6.07) is 22.7. The van der Waals surface area contributed by atoms with Gasteiger partial charge >= 0.3 is 5.97 Å². The van der Waals surface area contributed by atoms with Gasteiger partial charge < -0.3 is 14.8 Å². The topological polar surface area (TPSA) is 64.6 Å². The fourth-order valence-electron chi connectivity index (χ4n) is 3.59. The van der Waals surface area contributed by atoms with Crippen LogP contribution in [0.1, 0.15) is 34.5 Å². The number of carbonyl (C=O) groups is 2. The SMILES string of the molecule is CCOc1ccccc1C(=O)NCC(=O)OC1c2ccccc2-c2ccccc21. The normalized spacial score (nSPS) is 12.0. The second-order valence-corrected chi connectivity index (χ2v) is 6.66. The maximum Gasteiger partial charge on any atom is 0.326 e. The van der Waals surface area contributed by atoms with Gasteiger partial charge in [-0.1, -0.05) is 60.7 Å². The number of rotatable bonds is 6. The molecular formula is C24H21NO4. The highest BCUT2D eigenvalue weighted by Gasteiger charge is 2.31. The first-order valence-electron chi connectivity index (χ1n) is 9.56. The molecule has 29 heavy (non-hydrogen) atoms. The van der Waals surface area contributed by atoms with E-state index >= 15 is 0 Å². The minimum atomic E-state index is -0.497. The van der Waals surface area contributed by atoms with E-state index in [-0.39, 0.29) is 12.5 Å². The molecule has 4 rings (SSSR count). The lowest BCUT2D eigenvalue weighted by Gasteiger charge is -2.16. The Morgan fingerprint density at radius 2 is 1.45 bits per heavy atom. The van der Waals surface area contributed by atoms with Gasteiger partial charge in [0.2, 0.25) is 0 Å². The summed E-state index contributed by atoms with van der Waals surface area (Å²) in [5, 5.41) is 2.63. The Balaban J connectivity index is 1.45. The number of nitrogens with one attached hydrogen (secondary N) is 1. The van der Waals surface area contributed by atoms with Crippen molar-refractivity contribution in [2.24, 2.45) is 0 Å². The van der Waals surface area contributed by atoms with E-state index in [1.807, 2.05) is 55.5 Å². The Hall–Kier alpha value is -3.60. The van der Waals surface area contributed by atoms with Crippen LogP contribution in [0.25, 0.3) is 11.1 Å². The molecule has 1 amide bonds. The van der Waals surface area contributed by atoms with Gasteiger partial charge in [-0.25, -0.2) is 0 Å². The van der Waals surface area contributed by atoms with Gasteiger partial charge in [-0.3, -0.25) is 9.59 Å². The van der Waals surface area contributed by atoms with Crippen LogP contribution in [0.5, 0.6) is 5.75 Å². The van der Waals surface area contributed by atoms with Crippen molar-refractivity contribution in [3.63, 3.8) is 0 Å². The molecule has 146 valence electrons. The second-order valence-electron chi connectivity index (χ2n) is 6.66. The van der Waals surface area contributed by atoms with Crippen molar-refractivity contribution in [1.82, 2.24) is 5.32 Å². The van der Waals surface area contributed by atoms with E-state index in [9.17, 15) is 9.59 Å². The minimum Gasteiger partial charge on any atom is -0.493 e. The average molecular weight is 387 g/mol. The smallest absolute Gasteiger partial charge is 0.326 e. The van der Waals surface area contributed by atoms with Crippen molar-refractivity contribution >= 4 is 11.9 Å².